The maximum Gasteiger partial charge on any atom is 0 e. The van der Waals surface area contributed by atoms with Crippen LogP contribution in [0.5, 0.6) is 0 Å². The van der Waals surface area contributed by atoms with E-state index in [1.54, 1.807) is 0 Å². The van der Waals surface area contributed by atoms with Gasteiger partial charge in [-0.1, -0.05) is 12.1 Å². The van der Waals surface area contributed by atoms with Crippen molar-refractivity contribution in [3.63, 3.8) is 0 Å². The largest absolute Gasteiger partial charge is 0.143 e. The van der Waals surface area contributed by atoms with Crippen molar-refractivity contribution in [1.82, 2.24) is 0 Å². The molecule has 1 aromatic rings. The van der Waals surface area contributed by atoms with E-state index in [0.29, 0.717) is 0 Å². The Morgan fingerprint density at radius 2 is 1.89 bits per heavy atom. The first-order valence-electron chi connectivity index (χ1n) is 2.65. The first-order chi connectivity index (χ1) is 3.97. The summed E-state index contributed by atoms with van der Waals surface area (Å²) in [5.41, 5.74) is 2.56. The van der Waals surface area contributed by atoms with Gasteiger partial charge in [-0.25, -0.2) is 0 Å². The molecule has 1 aliphatic carbocycles. The van der Waals surface area contributed by atoms with Gasteiger partial charge in [-0.05, 0) is 0 Å². The fourth-order valence-electron chi connectivity index (χ4n) is 0.832. The molecule has 0 aliphatic heterocycles. The Morgan fingerprint density at radius 1 is 1.11 bits per heavy atom. The van der Waals surface area contributed by atoms with Crippen LogP contribution >= 0.6 is 0 Å². The van der Waals surface area contributed by atoms with Gasteiger partial charge in [0, 0.05) is 32.7 Å². The number of hydrogen-bond acceptors (Lipinski definition) is 0. The van der Waals surface area contributed by atoms with Crippen molar-refractivity contribution >= 4 is 6.08 Å². The van der Waals surface area contributed by atoms with Gasteiger partial charge in [0.2, 0.25) is 0 Å². The summed E-state index contributed by atoms with van der Waals surface area (Å²) >= 11 is 0. The van der Waals surface area contributed by atoms with E-state index in [-0.39, 0.29) is 32.7 Å². The second-order valence-corrected chi connectivity index (χ2v) is 1.88. The van der Waals surface area contributed by atoms with Crippen molar-refractivity contribution in [2.24, 2.45) is 0 Å². The molecule has 0 nitrogen and oxygen atoms in total. The molecular weight excluding hydrogens is 185 g/mol. The molecule has 0 bridgehead atoms. The quantitative estimate of drug-likeness (QED) is 0.556. The molecule has 0 saturated carbocycles. The smallest absolute Gasteiger partial charge is 0 e. The van der Waals surface area contributed by atoms with E-state index in [1.807, 2.05) is 18.2 Å². The third-order valence-corrected chi connectivity index (χ3v) is 1.34. The van der Waals surface area contributed by atoms with Crippen LogP contribution in [0.2, 0.25) is 0 Å². The monoisotopic (exact) mass is 190 g/mol. The molecule has 0 fully saturated rings. The average Bonchev–Trinajstić information content (AvgIpc) is 1.72. The molecule has 0 amide bonds. The standard InChI is InChI=1S/C8H5.Y/c1-2-4-8-6-5-7(8)3-1;/h1-5H;/q-1;. The maximum atomic E-state index is 3.06. The SMILES string of the molecule is [C-]1=Cc2ccccc21.[Y]. The van der Waals surface area contributed by atoms with E-state index >= 15 is 0 Å². The van der Waals surface area contributed by atoms with Crippen LogP contribution in [-0.2, 0) is 32.7 Å². The molecular formula is C8H5Y-. The molecule has 1 radical (unpaired) electrons. The fourth-order valence-corrected chi connectivity index (χ4v) is 0.832. The third-order valence-electron chi connectivity index (χ3n) is 1.34. The molecule has 0 aromatic heterocycles. The topological polar surface area (TPSA) is 0 Å². The Balaban J connectivity index is 0.000000405. The van der Waals surface area contributed by atoms with Crippen molar-refractivity contribution in [2.45, 2.75) is 0 Å². The van der Waals surface area contributed by atoms with Gasteiger partial charge < -0.3 is 0 Å². The Kier molecular flexibility index (Phi) is 2.20. The summed E-state index contributed by atoms with van der Waals surface area (Å²) in [6, 6.07) is 8.22. The first-order valence-corrected chi connectivity index (χ1v) is 2.65. The summed E-state index contributed by atoms with van der Waals surface area (Å²) < 4.78 is 0. The summed E-state index contributed by atoms with van der Waals surface area (Å²) in [7, 11) is 0. The van der Waals surface area contributed by atoms with Gasteiger partial charge in [0.15, 0.2) is 0 Å². The van der Waals surface area contributed by atoms with Crippen LogP contribution in [-0.4, -0.2) is 0 Å². The van der Waals surface area contributed by atoms with Crippen LogP contribution in [0, 0.1) is 6.08 Å². The maximum absolute atomic E-state index is 3.06. The Labute approximate surface area is 79.8 Å². The fraction of sp³-hybridized carbons (Fsp3) is 0. The van der Waals surface area contributed by atoms with Crippen LogP contribution in [0.3, 0.4) is 0 Å². The molecule has 9 heavy (non-hydrogen) atoms. The van der Waals surface area contributed by atoms with E-state index in [0.717, 1.165) is 0 Å². The van der Waals surface area contributed by atoms with Crippen molar-refractivity contribution in [3.8, 4) is 0 Å². The van der Waals surface area contributed by atoms with E-state index in [9.17, 15) is 0 Å². The number of rotatable bonds is 0. The van der Waals surface area contributed by atoms with Gasteiger partial charge in [0.05, 0.1) is 0 Å². The zero-order valence-electron chi connectivity index (χ0n) is 4.96. The van der Waals surface area contributed by atoms with E-state index in [1.165, 1.54) is 11.1 Å². The van der Waals surface area contributed by atoms with Crippen molar-refractivity contribution in [2.75, 3.05) is 0 Å². The molecule has 0 saturated heterocycles. The van der Waals surface area contributed by atoms with Crippen LogP contribution in [0.25, 0.3) is 6.08 Å². The Bertz CT molecular complexity index is 213. The molecule has 1 heteroatoms. The van der Waals surface area contributed by atoms with Gasteiger partial charge in [0.25, 0.3) is 0 Å². The third kappa shape index (κ3) is 1.15. The van der Waals surface area contributed by atoms with Gasteiger partial charge >= 0.3 is 0 Å². The molecule has 0 heterocycles. The second kappa shape index (κ2) is 2.76. The normalized spacial score (nSPS) is 11.1. The Morgan fingerprint density at radius 3 is 2.22 bits per heavy atom. The molecule has 0 N–H and O–H groups in total. The average molecular weight is 190 g/mol. The summed E-state index contributed by atoms with van der Waals surface area (Å²) in [6.07, 6.45) is 5.06. The first kappa shape index (κ1) is 7.17. The molecule has 0 atom stereocenters. The zero-order chi connectivity index (χ0) is 5.40. The molecule has 1 aromatic carbocycles. The summed E-state index contributed by atoms with van der Waals surface area (Å²) in [5.74, 6) is 0. The van der Waals surface area contributed by atoms with Crippen LogP contribution in [0.4, 0.5) is 0 Å². The number of hydrogen-bond donors (Lipinski definition) is 0. The second-order valence-electron chi connectivity index (χ2n) is 1.88. The van der Waals surface area contributed by atoms with Crippen molar-refractivity contribution < 1.29 is 32.7 Å². The number of fused-ring (bicyclic) bond motifs is 1. The molecule has 0 unspecified atom stereocenters. The number of benzene rings is 1. The predicted octanol–water partition coefficient (Wildman–Crippen LogP) is 1.86. The summed E-state index contributed by atoms with van der Waals surface area (Å²) in [4.78, 5) is 0. The van der Waals surface area contributed by atoms with E-state index < -0.39 is 0 Å². The van der Waals surface area contributed by atoms with E-state index in [2.05, 4.69) is 18.2 Å². The summed E-state index contributed by atoms with van der Waals surface area (Å²) in [6.45, 7) is 0. The molecule has 2 rings (SSSR count). The Hall–Kier alpha value is 0.0639. The van der Waals surface area contributed by atoms with Gasteiger partial charge in [-0.3, -0.25) is 0 Å². The minimum atomic E-state index is 0. The zero-order valence-corrected chi connectivity index (χ0v) is 7.80. The van der Waals surface area contributed by atoms with Crippen LogP contribution in [0.1, 0.15) is 11.1 Å². The van der Waals surface area contributed by atoms with Crippen LogP contribution in [0.15, 0.2) is 24.3 Å². The minimum Gasteiger partial charge on any atom is -0.143 e. The van der Waals surface area contributed by atoms with Crippen molar-refractivity contribution in [3.05, 3.63) is 41.5 Å². The van der Waals surface area contributed by atoms with Crippen molar-refractivity contribution in [1.29, 1.82) is 0 Å². The molecule has 1 aliphatic rings. The molecule has 0 spiro atoms. The summed E-state index contributed by atoms with van der Waals surface area (Å²) in [5, 5.41) is 0. The van der Waals surface area contributed by atoms with Gasteiger partial charge in [-0.2, -0.15) is 0 Å². The van der Waals surface area contributed by atoms with Gasteiger partial charge in [-0.15, -0.1) is 35.4 Å². The van der Waals surface area contributed by atoms with Crippen LogP contribution < -0.4 is 0 Å². The molecule has 41 valence electrons. The van der Waals surface area contributed by atoms with E-state index in [4.69, 9.17) is 0 Å². The minimum absolute atomic E-state index is 0. The predicted molar refractivity (Wildman–Crippen MR) is 33.3 cm³/mol. The van der Waals surface area contributed by atoms with Gasteiger partial charge in [0.1, 0.15) is 0 Å².